The molecule has 0 aromatic heterocycles. The molecule has 1 amide bonds. The fourth-order valence-corrected chi connectivity index (χ4v) is 3.34. The van der Waals surface area contributed by atoms with Gasteiger partial charge in [-0.1, -0.05) is 0 Å². The van der Waals surface area contributed by atoms with Gasteiger partial charge in [-0.3, -0.25) is 4.79 Å². The normalized spacial score (nSPS) is 14.9. The summed E-state index contributed by atoms with van der Waals surface area (Å²) in [4.78, 5) is 13.1. The number of carbonyl (C=O) groups is 1. The van der Waals surface area contributed by atoms with E-state index in [-0.39, 0.29) is 16.6 Å². The first-order valence-electron chi connectivity index (χ1n) is 7.17. The summed E-state index contributed by atoms with van der Waals surface area (Å²) in [6.07, 6.45) is 1.23. The molecule has 1 heterocycles. The van der Waals surface area contributed by atoms with E-state index in [0.717, 1.165) is 18.6 Å². The molecule has 24 heavy (non-hydrogen) atoms. The SMILES string of the molecule is O=C1CCCN1c1ccc(S(=O)(=O)Oc2ccc(F)c(F)c2)cc1. The largest absolute Gasteiger partial charge is 0.379 e. The lowest BCUT2D eigenvalue weighted by Gasteiger charge is -2.16. The van der Waals surface area contributed by atoms with Crippen LogP contribution in [-0.4, -0.2) is 20.9 Å². The first-order valence-corrected chi connectivity index (χ1v) is 8.57. The van der Waals surface area contributed by atoms with E-state index in [1.54, 1.807) is 4.90 Å². The lowest BCUT2D eigenvalue weighted by molar-refractivity contribution is -0.117. The van der Waals surface area contributed by atoms with E-state index >= 15 is 0 Å². The molecular weight excluding hydrogens is 340 g/mol. The maximum atomic E-state index is 13.1. The van der Waals surface area contributed by atoms with Crippen molar-refractivity contribution >= 4 is 21.7 Å². The van der Waals surface area contributed by atoms with E-state index in [1.165, 1.54) is 24.3 Å². The van der Waals surface area contributed by atoms with E-state index in [9.17, 15) is 22.0 Å². The van der Waals surface area contributed by atoms with Crippen molar-refractivity contribution in [2.75, 3.05) is 11.4 Å². The zero-order valence-corrected chi connectivity index (χ0v) is 13.2. The molecule has 0 radical (unpaired) electrons. The van der Waals surface area contributed by atoms with Crippen LogP contribution in [0, 0.1) is 11.6 Å². The lowest BCUT2D eigenvalue weighted by Crippen LogP contribution is -2.23. The van der Waals surface area contributed by atoms with E-state index in [4.69, 9.17) is 4.18 Å². The van der Waals surface area contributed by atoms with Gasteiger partial charge in [0.15, 0.2) is 11.6 Å². The zero-order valence-electron chi connectivity index (χ0n) is 12.4. The molecule has 0 atom stereocenters. The Bertz CT molecular complexity index is 881. The average molecular weight is 353 g/mol. The van der Waals surface area contributed by atoms with Gasteiger partial charge in [-0.25, -0.2) is 8.78 Å². The Balaban J connectivity index is 1.81. The number of carbonyl (C=O) groups excluding carboxylic acids is 1. The lowest BCUT2D eigenvalue weighted by atomic mass is 10.3. The molecule has 5 nitrogen and oxygen atoms in total. The van der Waals surface area contributed by atoms with E-state index < -0.39 is 21.8 Å². The molecule has 1 aliphatic heterocycles. The summed E-state index contributed by atoms with van der Waals surface area (Å²) in [6.45, 7) is 0.594. The smallest absolute Gasteiger partial charge is 0.339 e. The minimum atomic E-state index is -4.19. The van der Waals surface area contributed by atoms with Gasteiger partial charge in [-0.15, -0.1) is 0 Å². The topological polar surface area (TPSA) is 63.7 Å². The van der Waals surface area contributed by atoms with Crippen LogP contribution < -0.4 is 9.08 Å². The van der Waals surface area contributed by atoms with Crippen molar-refractivity contribution in [3.8, 4) is 5.75 Å². The first-order chi connectivity index (χ1) is 11.4. The van der Waals surface area contributed by atoms with E-state index in [1.807, 2.05) is 0 Å². The maximum absolute atomic E-state index is 13.1. The molecular formula is C16H13F2NO4S. The summed E-state index contributed by atoms with van der Waals surface area (Å²) in [5.74, 6) is -2.64. The molecule has 2 aromatic rings. The minimum Gasteiger partial charge on any atom is -0.379 e. The zero-order chi connectivity index (χ0) is 17.3. The Morgan fingerprint density at radius 1 is 1.00 bits per heavy atom. The van der Waals surface area contributed by atoms with Crippen LogP contribution in [0.1, 0.15) is 12.8 Å². The highest BCUT2D eigenvalue weighted by Crippen LogP contribution is 2.25. The van der Waals surface area contributed by atoms with E-state index in [0.29, 0.717) is 24.7 Å². The van der Waals surface area contributed by atoms with Gasteiger partial charge in [0, 0.05) is 24.7 Å². The van der Waals surface area contributed by atoms with Crippen molar-refractivity contribution in [3.05, 3.63) is 54.1 Å². The van der Waals surface area contributed by atoms with Gasteiger partial charge in [-0.2, -0.15) is 8.42 Å². The van der Waals surface area contributed by atoms with Gasteiger partial charge in [0.2, 0.25) is 5.91 Å². The van der Waals surface area contributed by atoms with Crippen molar-refractivity contribution in [1.29, 1.82) is 0 Å². The Morgan fingerprint density at radius 2 is 1.71 bits per heavy atom. The highest BCUT2D eigenvalue weighted by molar-refractivity contribution is 7.87. The third-order valence-corrected chi connectivity index (χ3v) is 4.87. The molecule has 0 saturated carbocycles. The first kappa shape index (κ1) is 16.4. The highest BCUT2D eigenvalue weighted by atomic mass is 32.2. The minimum absolute atomic E-state index is 0.0105. The van der Waals surface area contributed by atoms with Gasteiger partial charge < -0.3 is 9.08 Å². The molecule has 0 N–H and O–H groups in total. The van der Waals surface area contributed by atoms with Crippen LogP contribution in [-0.2, 0) is 14.9 Å². The number of hydrogen-bond donors (Lipinski definition) is 0. The van der Waals surface area contributed by atoms with Gasteiger partial charge in [0.25, 0.3) is 0 Å². The van der Waals surface area contributed by atoms with E-state index in [2.05, 4.69) is 0 Å². The monoisotopic (exact) mass is 353 g/mol. The van der Waals surface area contributed by atoms with Crippen LogP contribution in [0.3, 0.4) is 0 Å². The molecule has 3 rings (SSSR count). The fraction of sp³-hybridized carbons (Fsp3) is 0.188. The number of benzene rings is 2. The second kappa shape index (κ2) is 6.20. The van der Waals surface area contributed by atoms with Gasteiger partial charge >= 0.3 is 10.1 Å². The fourth-order valence-electron chi connectivity index (χ4n) is 2.42. The Labute approximate surface area is 137 Å². The van der Waals surface area contributed by atoms with Crippen molar-refractivity contribution in [2.45, 2.75) is 17.7 Å². The average Bonchev–Trinajstić information content (AvgIpc) is 2.97. The second-order valence-electron chi connectivity index (χ2n) is 5.26. The number of rotatable bonds is 4. The Morgan fingerprint density at radius 3 is 2.29 bits per heavy atom. The van der Waals surface area contributed by atoms with Crippen molar-refractivity contribution in [1.82, 2.24) is 0 Å². The summed E-state index contributed by atoms with van der Waals surface area (Å²) < 4.78 is 55.1. The van der Waals surface area contributed by atoms with Crippen LogP contribution in [0.15, 0.2) is 47.4 Å². The van der Waals surface area contributed by atoms with Crippen molar-refractivity contribution in [3.63, 3.8) is 0 Å². The molecule has 2 aromatic carbocycles. The van der Waals surface area contributed by atoms with Crippen LogP contribution in [0.2, 0.25) is 0 Å². The molecule has 8 heteroatoms. The number of halogens is 2. The van der Waals surface area contributed by atoms with Gasteiger partial charge in [0.1, 0.15) is 10.6 Å². The molecule has 126 valence electrons. The van der Waals surface area contributed by atoms with Crippen molar-refractivity contribution in [2.24, 2.45) is 0 Å². The maximum Gasteiger partial charge on any atom is 0.339 e. The number of anilines is 1. The summed E-state index contributed by atoms with van der Waals surface area (Å²) in [5.41, 5.74) is 0.601. The summed E-state index contributed by atoms with van der Waals surface area (Å²) in [6, 6.07) is 8.07. The number of hydrogen-bond acceptors (Lipinski definition) is 4. The molecule has 1 saturated heterocycles. The van der Waals surface area contributed by atoms with Gasteiger partial charge in [-0.05, 0) is 42.8 Å². The van der Waals surface area contributed by atoms with Crippen molar-refractivity contribution < 1.29 is 26.2 Å². The predicted molar refractivity (Wildman–Crippen MR) is 82.2 cm³/mol. The molecule has 0 spiro atoms. The number of nitrogens with zero attached hydrogens (tertiary/aromatic N) is 1. The van der Waals surface area contributed by atoms with Crippen LogP contribution in [0.25, 0.3) is 0 Å². The number of amides is 1. The molecule has 1 aliphatic rings. The Kier molecular flexibility index (Phi) is 4.23. The molecule has 0 unspecified atom stereocenters. The second-order valence-corrected chi connectivity index (χ2v) is 6.80. The van der Waals surface area contributed by atoms with Crippen LogP contribution >= 0.6 is 0 Å². The Hall–Kier alpha value is -2.48. The summed E-state index contributed by atoms with van der Waals surface area (Å²) in [7, 11) is -4.19. The predicted octanol–water partition coefficient (Wildman–Crippen LogP) is 2.86. The van der Waals surface area contributed by atoms with Gasteiger partial charge in [0.05, 0.1) is 0 Å². The highest BCUT2D eigenvalue weighted by Gasteiger charge is 2.23. The third-order valence-electron chi connectivity index (χ3n) is 3.61. The molecule has 0 aliphatic carbocycles. The summed E-state index contributed by atoms with van der Waals surface area (Å²) in [5, 5.41) is 0. The standard InChI is InChI=1S/C16H13F2NO4S/c17-14-8-5-12(10-15(14)18)23-24(21,22)13-6-3-11(4-7-13)19-9-1-2-16(19)20/h3-8,10H,1-2,9H2. The molecule has 0 bridgehead atoms. The summed E-state index contributed by atoms with van der Waals surface area (Å²) >= 11 is 0. The van der Waals surface area contributed by atoms with Crippen LogP contribution in [0.4, 0.5) is 14.5 Å². The molecule has 1 fully saturated rings. The quantitative estimate of drug-likeness (QED) is 0.793. The third kappa shape index (κ3) is 3.23. The van der Waals surface area contributed by atoms with Crippen LogP contribution in [0.5, 0.6) is 5.75 Å².